The minimum absolute atomic E-state index is 0.200. The topological polar surface area (TPSA) is 58.6 Å². The van der Waals surface area contributed by atoms with Gasteiger partial charge in [-0.25, -0.2) is 8.42 Å². The van der Waals surface area contributed by atoms with E-state index in [1.807, 2.05) is 14.1 Å². The van der Waals surface area contributed by atoms with Crippen molar-refractivity contribution in [3.05, 3.63) is 0 Å². The normalized spacial score (nSPS) is 29.0. The second kappa shape index (κ2) is 5.91. The lowest BCUT2D eigenvalue weighted by Crippen LogP contribution is -2.49. The molecule has 1 fully saturated rings. The molecule has 0 aromatic carbocycles. The second-order valence-corrected chi connectivity index (χ2v) is 9.33. The van der Waals surface area contributed by atoms with E-state index in [0.717, 1.165) is 6.54 Å². The molecule has 0 aromatic heterocycles. The molecule has 5 nitrogen and oxygen atoms in total. The fourth-order valence-electron chi connectivity index (χ4n) is 3.33. The van der Waals surface area contributed by atoms with E-state index in [2.05, 4.69) is 37.9 Å². The SMILES string of the molecule is CNC1C(CN(C)CCS(C)(=O)=O)C(C)(C)OC1(C)C. The standard InChI is InChI=1S/C14H30N2O3S/c1-13(2)11(12(15-5)14(3,4)19-13)10-16(6)8-9-20(7,17)18/h11-12,15H,8-10H2,1-7H3. The van der Waals surface area contributed by atoms with Crippen LogP contribution in [0.4, 0.5) is 0 Å². The first-order valence-corrected chi connectivity index (χ1v) is 9.19. The predicted molar refractivity (Wildman–Crippen MR) is 82.8 cm³/mol. The predicted octanol–water partition coefficient (Wildman–Crippen LogP) is 0.754. The van der Waals surface area contributed by atoms with Crippen molar-refractivity contribution in [2.45, 2.75) is 44.9 Å². The van der Waals surface area contributed by atoms with Gasteiger partial charge in [-0.3, -0.25) is 0 Å². The molecule has 0 amide bonds. The molecule has 0 saturated carbocycles. The first kappa shape index (κ1) is 17.9. The summed E-state index contributed by atoms with van der Waals surface area (Å²) in [7, 11) is 1.02. The number of nitrogens with one attached hydrogen (secondary N) is 1. The van der Waals surface area contributed by atoms with Crippen LogP contribution in [-0.4, -0.2) is 69.8 Å². The average Bonchev–Trinajstić information content (AvgIpc) is 2.39. The molecule has 1 aliphatic rings. The van der Waals surface area contributed by atoms with Gasteiger partial charge in [0.05, 0.1) is 17.0 Å². The van der Waals surface area contributed by atoms with Crippen molar-refractivity contribution < 1.29 is 13.2 Å². The van der Waals surface area contributed by atoms with Crippen LogP contribution in [0.5, 0.6) is 0 Å². The summed E-state index contributed by atoms with van der Waals surface area (Å²) in [6.07, 6.45) is 1.28. The number of likely N-dealkylation sites (N-methyl/N-ethyl adjacent to an activating group) is 1. The van der Waals surface area contributed by atoms with E-state index in [1.165, 1.54) is 6.26 Å². The summed E-state index contributed by atoms with van der Waals surface area (Å²) in [5, 5.41) is 3.37. The maximum atomic E-state index is 11.3. The first-order chi connectivity index (χ1) is 8.89. The van der Waals surface area contributed by atoms with Gasteiger partial charge in [0.25, 0.3) is 0 Å². The minimum atomic E-state index is -2.91. The molecule has 0 bridgehead atoms. The Labute approximate surface area is 124 Å². The summed E-state index contributed by atoms with van der Waals surface area (Å²) in [5.74, 6) is 0.512. The third-order valence-electron chi connectivity index (χ3n) is 4.23. The van der Waals surface area contributed by atoms with E-state index in [-0.39, 0.29) is 23.0 Å². The fraction of sp³-hybridized carbons (Fsp3) is 1.00. The number of nitrogens with zero attached hydrogens (tertiary/aromatic N) is 1. The Morgan fingerprint density at radius 2 is 1.75 bits per heavy atom. The van der Waals surface area contributed by atoms with Gasteiger partial charge in [-0.2, -0.15) is 0 Å². The molecule has 2 atom stereocenters. The van der Waals surface area contributed by atoms with Gasteiger partial charge in [0.1, 0.15) is 9.84 Å². The Kier molecular flexibility index (Phi) is 5.28. The quantitative estimate of drug-likeness (QED) is 0.785. The molecule has 0 aliphatic carbocycles. The number of ether oxygens (including phenoxy) is 1. The van der Waals surface area contributed by atoms with E-state index in [9.17, 15) is 8.42 Å². The lowest BCUT2D eigenvalue weighted by molar-refractivity contribution is -0.0789. The smallest absolute Gasteiger partial charge is 0.148 e. The minimum Gasteiger partial charge on any atom is -0.368 e. The van der Waals surface area contributed by atoms with Crippen molar-refractivity contribution in [2.24, 2.45) is 5.92 Å². The van der Waals surface area contributed by atoms with Crippen molar-refractivity contribution in [3.63, 3.8) is 0 Å². The third-order valence-corrected chi connectivity index (χ3v) is 5.16. The lowest BCUT2D eigenvalue weighted by Gasteiger charge is -2.32. The van der Waals surface area contributed by atoms with E-state index in [4.69, 9.17) is 4.74 Å². The first-order valence-electron chi connectivity index (χ1n) is 7.13. The van der Waals surface area contributed by atoms with Gasteiger partial charge < -0.3 is 15.0 Å². The number of hydrogen-bond donors (Lipinski definition) is 1. The largest absolute Gasteiger partial charge is 0.368 e. The summed E-state index contributed by atoms with van der Waals surface area (Å²) in [6.45, 7) is 9.81. The van der Waals surface area contributed by atoms with Crippen LogP contribution >= 0.6 is 0 Å². The zero-order valence-corrected chi connectivity index (χ0v) is 14.7. The van der Waals surface area contributed by atoms with Gasteiger partial charge in [0, 0.05) is 31.3 Å². The molecule has 0 spiro atoms. The summed E-state index contributed by atoms with van der Waals surface area (Å²) < 4.78 is 28.7. The van der Waals surface area contributed by atoms with Gasteiger partial charge in [0.15, 0.2) is 0 Å². The van der Waals surface area contributed by atoms with E-state index < -0.39 is 9.84 Å². The summed E-state index contributed by atoms with van der Waals surface area (Å²) in [6, 6.07) is 0.248. The van der Waals surface area contributed by atoms with Crippen molar-refractivity contribution in [3.8, 4) is 0 Å². The van der Waals surface area contributed by atoms with Crippen LogP contribution in [0.2, 0.25) is 0 Å². The molecular weight excluding hydrogens is 276 g/mol. The Morgan fingerprint density at radius 1 is 1.20 bits per heavy atom. The molecule has 120 valence electrons. The number of sulfone groups is 1. The molecule has 1 heterocycles. The Bertz CT molecular complexity index is 432. The maximum Gasteiger partial charge on any atom is 0.148 e. The van der Waals surface area contributed by atoms with Crippen LogP contribution in [0.1, 0.15) is 27.7 Å². The van der Waals surface area contributed by atoms with Crippen LogP contribution < -0.4 is 5.32 Å². The van der Waals surface area contributed by atoms with Gasteiger partial charge in [-0.15, -0.1) is 0 Å². The Morgan fingerprint density at radius 3 is 2.20 bits per heavy atom. The highest BCUT2D eigenvalue weighted by atomic mass is 32.2. The average molecular weight is 306 g/mol. The van der Waals surface area contributed by atoms with Crippen LogP contribution in [0.3, 0.4) is 0 Å². The molecule has 2 unspecified atom stereocenters. The molecule has 1 rings (SSSR count). The van der Waals surface area contributed by atoms with E-state index in [1.54, 1.807) is 0 Å². The third kappa shape index (κ3) is 4.41. The second-order valence-electron chi connectivity index (χ2n) is 7.07. The summed E-state index contributed by atoms with van der Waals surface area (Å²) in [4.78, 5) is 2.09. The molecule has 6 heteroatoms. The highest BCUT2D eigenvalue weighted by Gasteiger charge is 2.53. The highest BCUT2D eigenvalue weighted by Crippen LogP contribution is 2.42. The number of hydrogen-bond acceptors (Lipinski definition) is 5. The summed E-state index contributed by atoms with van der Waals surface area (Å²) in [5.41, 5.74) is -0.447. The lowest BCUT2D eigenvalue weighted by atomic mass is 9.82. The van der Waals surface area contributed by atoms with Crippen molar-refractivity contribution in [1.29, 1.82) is 0 Å². The molecule has 1 aliphatic heterocycles. The van der Waals surface area contributed by atoms with Crippen LogP contribution in [-0.2, 0) is 14.6 Å². The Hall–Kier alpha value is -0.170. The fourth-order valence-corrected chi connectivity index (χ4v) is 3.97. The van der Waals surface area contributed by atoms with E-state index >= 15 is 0 Å². The van der Waals surface area contributed by atoms with Gasteiger partial charge in [-0.1, -0.05) is 0 Å². The molecule has 0 radical (unpaired) electrons. The molecule has 1 N–H and O–H groups in total. The summed E-state index contributed by atoms with van der Waals surface area (Å²) >= 11 is 0. The zero-order chi connectivity index (χ0) is 15.8. The van der Waals surface area contributed by atoms with Gasteiger partial charge in [0.2, 0.25) is 0 Å². The molecule has 0 aromatic rings. The monoisotopic (exact) mass is 306 g/mol. The molecular formula is C14H30N2O3S. The van der Waals surface area contributed by atoms with Crippen molar-refractivity contribution in [1.82, 2.24) is 10.2 Å². The van der Waals surface area contributed by atoms with Crippen LogP contribution in [0.25, 0.3) is 0 Å². The maximum absolute atomic E-state index is 11.3. The number of rotatable bonds is 6. The van der Waals surface area contributed by atoms with E-state index in [0.29, 0.717) is 12.5 Å². The van der Waals surface area contributed by atoms with Crippen molar-refractivity contribution in [2.75, 3.05) is 39.2 Å². The highest BCUT2D eigenvalue weighted by molar-refractivity contribution is 7.90. The Balaban J connectivity index is 2.73. The zero-order valence-electron chi connectivity index (χ0n) is 13.9. The van der Waals surface area contributed by atoms with Crippen LogP contribution in [0.15, 0.2) is 0 Å². The van der Waals surface area contributed by atoms with Gasteiger partial charge in [-0.05, 0) is 41.8 Å². The molecule has 1 saturated heterocycles. The van der Waals surface area contributed by atoms with Crippen molar-refractivity contribution >= 4 is 9.84 Å². The molecule has 20 heavy (non-hydrogen) atoms. The van der Waals surface area contributed by atoms with Crippen LogP contribution in [0, 0.1) is 5.92 Å². The van der Waals surface area contributed by atoms with Gasteiger partial charge >= 0.3 is 0 Å².